The highest BCUT2D eigenvalue weighted by Crippen LogP contribution is 2.18. The van der Waals surface area contributed by atoms with Gasteiger partial charge in [0, 0.05) is 5.56 Å². The molecule has 110 valence electrons. The van der Waals surface area contributed by atoms with E-state index in [0.29, 0.717) is 5.75 Å². The summed E-state index contributed by atoms with van der Waals surface area (Å²) in [4.78, 5) is 11.6. The molecule has 0 aromatic heterocycles. The lowest BCUT2D eigenvalue weighted by molar-refractivity contribution is 0.102. The highest BCUT2D eigenvalue weighted by atomic mass is 32.2. The Morgan fingerprint density at radius 1 is 1.14 bits per heavy atom. The summed E-state index contributed by atoms with van der Waals surface area (Å²) in [7, 11) is -2.58. The molecular weight excluding hydrogens is 295 g/mol. The van der Waals surface area contributed by atoms with E-state index in [1.165, 1.54) is 31.4 Å². The first-order chi connectivity index (χ1) is 9.94. The molecular formula is C15H13FO4S. The lowest BCUT2D eigenvalue weighted by Crippen LogP contribution is -2.17. The van der Waals surface area contributed by atoms with Crippen LogP contribution in [0.25, 0.3) is 0 Å². The molecule has 0 saturated heterocycles. The van der Waals surface area contributed by atoms with E-state index in [1.54, 1.807) is 12.1 Å². The van der Waals surface area contributed by atoms with Crippen LogP contribution in [0.3, 0.4) is 0 Å². The number of hydrogen-bond acceptors (Lipinski definition) is 4. The Bertz CT molecular complexity index is 769. The third-order valence-electron chi connectivity index (χ3n) is 2.88. The van der Waals surface area contributed by atoms with Crippen LogP contribution in [0.4, 0.5) is 4.39 Å². The number of halogens is 1. The van der Waals surface area contributed by atoms with Crippen molar-refractivity contribution in [3.63, 3.8) is 0 Å². The molecule has 2 rings (SSSR count). The van der Waals surface area contributed by atoms with E-state index < -0.39 is 32.1 Å². The third-order valence-corrected chi connectivity index (χ3v) is 4.53. The Hall–Kier alpha value is -2.21. The first-order valence-corrected chi connectivity index (χ1v) is 7.74. The fourth-order valence-corrected chi connectivity index (χ4v) is 3.15. The van der Waals surface area contributed by atoms with Gasteiger partial charge in [-0.05, 0) is 24.3 Å². The minimum absolute atomic E-state index is 0.203. The van der Waals surface area contributed by atoms with Gasteiger partial charge in [-0.3, -0.25) is 4.79 Å². The second-order valence-electron chi connectivity index (χ2n) is 4.34. The first kappa shape index (κ1) is 15.2. The summed E-state index contributed by atoms with van der Waals surface area (Å²) in [5.41, 5.74) is 0.203. The molecule has 0 bridgehead atoms. The average molecular weight is 308 g/mol. The lowest BCUT2D eigenvalue weighted by Gasteiger charge is -2.06. The van der Waals surface area contributed by atoms with Crippen LogP contribution in [0.2, 0.25) is 0 Å². The number of methoxy groups -OCH3 is 1. The summed E-state index contributed by atoms with van der Waals surface area (Å²) in [5, 5.41) is 0. The third kappa shape index (κ3) is 3.46. The lowest BCUT2D eigenvalue weighted by atomic mass is 10.1. The number of ether oxygens (including phenoxy) is 1. The molecule has 0 heterocycles. The normalized spacial score (nSPS) is 11.1. The summed E-state index contributed by atoms with van der Waals surface area (Å²) in [6, 6.07) is 11.1. The molecule has 4 nitrogen and oxygen atoms in total. The largest absolute Gasteiger partial charge is 0.497 e. The quantitative estimate of drug-likeness (QED) is 0.796. The number of sulfone groups is 1. The van der Waals surface area contributed by atoms with Crippen molar-refractivity contribution in [1.82, 2.24) is 0 Å². The highest BCUT2D eigenvalue weighted by molar-refractivity contribution is 7.92. The van der Waals surface area contributed by atoms with Gasteiger partial charge in [0.2, 0.25) is 0 Å². The number of hydrogen-bond donors (Lipinski definition) is 0. The van der Waals surface area contributed by atoms with E-state index in [-0.39, 0.29) is 5.56 Å². The Balaban J connectivity index is 2.28. The standard InChI is InChI=1S/C15H13FO4S/c1-20-12-6-4-5-11(9-12)14(17)10-21(18,19)15-8-3-2-7-13(15)16/h2-9H,10H2,1H3. The topological polar surface area (TPSA) is 60.4 Å². The zero-order valence-electron chi connectivity index (χ0n) is 11.2. The zero-order chi connectivity index (χ0) is 15.5. The SMILES string of the molecule is COc1cccc(C(=O)CS(=O)(=O)c2ccccc2F)c1. The van der Waals surface area contributed by atoms with Gasteiger partial charge in [-0.1, -0.05) is 24.3 Å². The first-order valence-electron chi connectivity index (χ1n) is 6.08. The number of ketones is 1. The molecule has 0 amide bonds. The van der Waals surface area contributed by atoms with Gasteiger partial charge in [0.15, 0.2) is 15.6 Å². The predicted octanol–water partition coefficient (Wildman–Crippen LogP) is 2.49. The minimum Gasteiger partial charge on any atom is -0.497 e. The molecule has 21 heavy (non-hydrogen) atoms. The second-order valence-corrected chi connectivity index (χ2v) is 6.30. The van der Waals surface area contributed by atoms with Gasteiger partial charge in [-0.15, -0.1) is 0 Å². The maximum atomic E-state index is 13.5. The highest BCUT2D eigenvalue weighted by Gasteiger charge is 2.23. The van der Waals surface area contributed by atoms with E-state index in [1.807, 2.05) is 0 Å². The molecule has 2 aromatic rings. The Kier molecular flexibility index (Phi) is 4.37. The molecule has 0 saturated carbocycles. The van der Waals surface area contributed by atoms with E-state index >= 15 is 0 Å². The van der Waals surface area contributed by atoms with Crippen molar-refractivity contribution in [2.75, 3.05) is 12.9 Å². The molecule has 0 aliphatic carbocycles. The van der Waals surface area contributed by atoms with Crippen LogP contribution in [-0.2, 0) is 9.84 Å². The Morgan fingerprint density at radius 2 is 1.86 bits per heavy atom. The minimum atomic E-state index is -4.02. The second kappa shape index (κ2) is 6.05. The zero-order valence-corrected chi connectivity index (χ0v) is 12.1. The average Bonchev–Trinajstić information content (AvgIpc) is 2.47. The maximum Gasteiger partial charge on any atom is 0.188 e. The molecule has 0 fully saturated rings. The molecule has 0 aliphatic rings. The van der Waals surface area contributed by atoms with Crippen molar-refractivity contribution in [1.29, 1.82) is 0 Å². The fourth-order valence-electron chi connectivity index (χ4n) is 1.83. The van der Waals surface area contributed by atoms with E-state index in [2.05, 4.69) is 0 Å². The van der Waals surface area contributed by atoms with Gasteiger partial charge in [-0.25, -0.2) is 12.8 Å². The molecule has 0 aliphatic heterocycles. The molecule has 0 N–H and O–H groups in total. The van der Waals surface area contributed by atoms with Crippen LogP contribution in [0, 0.1) is 5.82 Å². The van der Waals surface area contributed by atoms with Crippen molar-refractivity contribution in [3.8, 4) is 5.75 Å². The number of carbonyl (C=O) groups is 1. The van der Waals surface area contributed by atoms with E-state index in [4.69, 9.17) is 4.74 Å². The van der Waals surface area contributed by atoms with Crippen LogP contribution in [0.5, 0.6) is 5.75 Å². The molecule has 6 heteroatoms. The fraction of sp³-hybridized carbons (Fsp3) is 0.133. The molecule has 0 spiro atoms. The number of carbonyl (C=O) groups excluding carboxylic acids is 1. The Morgan fingerprint density at radius 3 is 2.52 bits per heavy atom. The van der Waals surface area contributed by atoms with Crippen molar-refractivity contribution in [2.45, 2.75) is 4.90 Å². The van der Waals surface area contributed by atoms with Crippen molar-refractivity contribution in [3.05, 3.63) is 59.9 Å². The summed E-state index contributed by atoms with van der Waals surface area (Å²) in [6.07, 6.45) is 0. The van der Waals surface area contributed by atoms with Crippen LogP contribution >= 0.6 is 0 Å². The molecule has 2 aromatic carbocycles. The van der Waals surface area contributed by atoms with Crippen LogP contribution < -0.4 is 4.74 Å². The Labute approximate surface area is 122 Å². The summed E-state index contributed by atoms with van der Waals surface area (Å²) >= 11 is 0. The van der Waals surface area contributed by atoms with Gasteiger partial charge in [0.05, 0.1) is 7.11 Å². The van der Waals surface area contributed by atoms with Gasteiger partial charge in [0.1, 0.15) is 22.2 Å². The number of benzene rings is 2. The van der Waals surface area contributed by atoms with Crippen LogP contribution in [-0.4, -0.2) is 27.1 Å². The van der Waals surface area contributed by atoms with E-state index in [0.717, 1.165) is 12.1 Å². The van der Waals surface area contributed by atoms with Crippen LogP contribution in [0.1, 0.15) is 10.4 Å². The maximum absolute atomic E-state index is 13.5. The van der Waals surface area contributed by atoms with E-state index in [9.17, 15) is 17.6 Å². The van der Waals surface area contributed by atoms with Gasteiger partial charge >= 0.3 is 0 Å². The monoisotopic (exact) mass is 308 g/mol. The summed E-state index contributed by atoms with van der Waals surface area (Å²) in [5.74, 6) is -1.82. The molecule has 0 radical (unpaired) electrons. The number of Topliss-reactive ketones (excluding diaryl/α,β-unsaturated/α-hetero) is 1. The number of rotatable bonds is 5. The van der Waals surface area contributed by atoms with Crippen LogP contribution in [0.15, 0.2) is 53.4 Å². The molecule has 0 atom stereocenters. The predicted molar refractivity (Wildman–Crippen MR) is 75.8 cm³/mol. The van der Waals surface area contributed by atoms with Crippen molar-refractivity contribution in [2.24, 2.45) is 0 Å². The summed E-state index contributed by atoms with van der Waals surface area (Å²) in [6.45, 7) is 0. The summed E-state index contributed by atoms with van der Waals surface area (Å²) < 4.78 is 42.7. The van der Waals surface area contributed by atoms with Gasteiger partial charge < -0.3 is 4.74 Å². The van der Waals surface area contributed by atoms with Gasteiger partial charge in [-0.2, -0.15) is 0 Å². The van der Waals surface area contributed by atoms with Gasteiger partial charge in [0.25, 0.3) is 0 Å². The van der Waals surface area contributed by atoms with Crippen molar-refractivity contribution < 1.29 is 22.3 Å². The molecule has 0 unspecified atom stereocenters. The van der Waals surface area contributed by atoms with Crippen molar-refractivity contribution >= 4 is 15.6 Å². The smallest absolute Gasteiger partial charge is 0.188 e.